The van der Waals surface area contributed by atoms with Crippen molar-refractivity contribution in [3.8, 4) is 45.5 Å². The van der Waals surface area contributed by atoms with Crippen LogP contribution in [0.2, 0.25) is 0 Å². The molecule has 0 aliphatic rings. The Hall–Kier alpha value is -9.97. The second-order valence-corrected chi connectivity index (χ2v) is 19.5. The number of nitrogens with zero attached hydrogens (tertiary/aromatic N) is 5. The maximum atomic E-state index is 5.52. The van der Waals surface area contributed by atoms with Crippen molar-refractivity contribution in [2.24, 2.45) is 0 Å². The van der Waals surface area contributed by atoms with E-state index in [1.807, 2.05) is 18.2 Å². The van der Waals surface area contributed by atoms with Crippen LogP contribution in [0, 0.1) is 0 Å². The average molecular weight is 940 g/mol. The molecule has 16 aromatic rings. The van der Waals surface area contributed by atoms with E-state index in [-0.39, 0.29) is 0 Å². The van der Waals surface area contributed by atoms with E-state index >= 15 is 0 Å². The fourth-order valence-electron chi connectivity index (χ4n) is 12.2. The van der Waals surface area contributed by atoms with Crippen LogP contribution in [-0.2, 0) is 0 Å². The van der Waals surface area contributed by atoms with Gasteiger partial charge < -0.3 is 4.57 Å². The summed E-state index contributed by atoms with van der Waals surface area (Å²) in [6, 6.07) is 89.9. The lowest BCUT2D eigenvalue weighted by Gasteiger charge is -2.15. The second kappa shape index (κ2) is 15.8. The van der Waals surface area contributed by atoms with E-state index in [1.165, 1.54) is 70.2 Å². The minimum absolute atomic E-state index is 0.555. The molecule has 3 aromatic heterocycles. The summed E-state index contributed by atoms with van der Waals surface area (Å²) in [6.07, 6.45) is 0. The summed E-state index contributed by atoms with van der Waals surface area (Å²) in [6.45, 7) is 0. The van der Waals surface area contributed by atoms with Crippen molar-refractivity contribution in [1.82, 2.24) is 24.1 Å². The molecule has 0 bridgehead atoms. The second-order valence-electron chi connectivity index (χ2n) is 19.5. The van der Waals surface area contributed by atoms with E-state index < -0.39 is 0 Å². The third-order valence-electron chi connectivity index (χ3n) is 15.5. The number of para-hydroxylation sites is 2. The smallest absolute Gasteiger partial charge is 0.238 e. The Labute approximate surface area is 424 Å². The number of hydrogen-bond donors (Lipinski definition) is 0. The van der Waals surface area contributed by atoms with Gasteiger partial charge in [-0.3, -0.25) is 4.57 Å². The monoisotopic (exact) mass is 939 g/mol. The van der Waals surface area contributed by atoms with E-state index in [0.29, 0.717) is 17.6 Å². The van der Waals surface area contributed by atoms with Crippen molar-refractivity contribution < 1.29 is 0 Å². The van der Waals surface area contributed by atoms with Crippen LogP contribution in [0.1, 0.15) is 0 Å². The molecule has 0 unspecified atom stereocenters. The number of rotatable bonds is 5. The van der Waals surface area contributed by atoms with Gasteiger partial charge in [0.1, 0.15) is 0 Å². The van der Waals surface area contributed by atoms with Gasteiger partial charge in [0.15, 0.2) is 11.6 Å². The minimum atomic E-state index is 0.555. The Morgan fingerprint density at radius 2 is 0.568 bits per heavy atom. The van der Waals surface area contributed by atoms with Gasteiger partial charge in [0.05, 0.1) is 22.1 Å². The molecule has 74 heavy (non-hydrogen) atoms. The highest BCUT2D eigenvalue weighted by molar-refractivity contribution is 6.28. The first-order chi connectivity index (χ1) is 36.7. The highest BCUT2D eigenvalue weighted by atomic mass is 15.2. The molecule has 0 amide bonds. The van der Waals surface area contributed by atoms with Crippen molar-refractivity contribution in [3.63, 3.8) is 0 Å². The Morgan fingerprint density at radius 3 is 1.08 bits per heavy atom. The molecule has 0 aliphatic heterocycles. The van der Waals surface area contributed by atoms with Gasteiger partial charge in [0.25, 0.3) is 0 Å². The van der Waals surface area contributed by atoms with Crippen molar-refractivity contribution in [1.29, 1.82) is 0 Å². The fraction of sp³-hybridized carbons (Fsp3) is 0. The van der Waals surface area contributed by atoms with Gasteiger partial charge in [0, 0.05) is 38.4 Å². The summed E-state index contributed by atoms with van der Waals surface area (Å²) in [4.78, 5) is 16.2. The number of benzene rings is 13. The third-order valence-corrected chi connectivity index (χ3v) is 15.5. The predicted molar refractivity (Wildman–Crippen MR) is 310 cm³/mol. The van der Waals surface area contributed by atoms with Gasteiger partial charge in [-0.05, 0) is 112 Å². The minimum Gasteiger partial charge on any atom is -0.307 e. The molecule has 0 fully saturated rings. The van der Waals surface area contributed by atoms with Crippen LogP contribution in [0.15, 0.2) is 249 Å². The third kappa shape index (κ3) is 5.95. The van der Waals surface area contributed by atoms with Gasteiger partial charge >= 0.3 is 0 Å². The van der Waals surface area contributed by atoms with Gasteiger partial charge in [-0.2, -0.15) is 9.97 Å². The van der Waals surface area contributed by atoms with Crippen molar-refractivity contribution in [2.45, 2.75) is 0 Å². The summed E-state index contributed by atoms with van der Waals surface area (Å²) in [5.74, 6) is 1.77. The van der Waals surface area contributed by atoms with Gasteiger partial charge in [-0.15, -0.1) is 0 Å². The molecular formula is C69H41N5. The van der Waals surface area contributed by atoms with E-state index in [2.05, 4.69) is 240 Å². The molecule has 0 N–H and O–H groups in total. The lowest BCUT2D eigenvalue weighted by Crippen LogP contribution is -2.07. The number of fused-ring (bicyclic) bond motifs is 19. The molecule has 3 heterocycles. The zero-order valence-electron chi connectivity index (χ0n) is 39.9. The molecule has 342 valence electrons. The summed E-state index contributed by atoms with van der Waals surface area (Å²) in [5, 5.41) is 19.5. The summed E-state index contributed by atoms with van der Waals surface area (Å²) >= 11 is 0. The Morgan fingerprint density at radius 1 is 0.216 bits per heavy atom. The molecule has 0 atom stereocenters. The zero-order valence-corrected chi connectivity index (χ0v) is 39.9. The molecule has 0 saturated carbocycles. The van der Waals surface area contributed by atoms with Gasteiger partial charge in [0.2, 0.25) is 5.95 Å². The summed E-state index contributed by atoms with van der Waals surface area (Å²) in [7, 11) is 0. The zero-order chi connectivity index (χ0) is 48.4. The molecule has 0 aliphatic carbocycles. The molecule has 13 aromatic carbocycles. The van der Waals surface area contributed by atoms with Gasteiger partial charge in [-0.1, -0.05) is 212 Å². The molecule has 16 rings (SSSR count). The van der Waals surface area contributed by atoms with Crippen LogP contribution in [0.5, 0.6) is 0 Å². The van der Waals surface area contributed by atoms with Crippen molar-refractivity contribution in [2.75, 3.05) is 0 Å². The topological polar surface area (TPSA) is 48.5 Å². The summed E-state index contributed by atoms with van der Waals surface area (Å²) in [5.41, 5.74) is 9.52. The maximum Gasteiger partial charge on any atom is 0.238 e. The number of aromatic nitrogens is 5. The van der Waals surface area contributed by atoms with E-state index in [9.17, 15) is 0 Å². The maximum absolute atomic E-state index is 5.52. The van der Waals surface area contributed by atoms with Crippen LogP contribution in [0.3, 0.4) is 0 Å². The Balaban J connectivity index is 0.929. The van der Waals surface area contributed by atoms with E-state index in [4.69, 9.17) is 15.0 Å². The average Bonchev–Trinajstić information content (AvgIpc) is 4.02. The lowest BCUT2D eigenvalue weighted by molar-refractivity contribution is 0.953. The van der Waals surface area contributed by atoms with E-state index in [1.54, 1.807) is 0 Å². The fourth-order valence-corrected chi connectivity index (χ4v) is 12.2. The van der Waals surface area contributed by atoms with Crippen LogP contribution in [-0.4, -0.2) is 24.1 Å². The van der Waals surface area contributed by atoms with Gasteiger partial charge in [-0.25, -0.2) is 4.98 Å². The van der Waals surface area contributed by atoms with Crippen LogP contribution in [0.4, 0.5) is 0 Å². The molecule has 5 heteroatoms. The molecule has 0 saturated heterocycles. The molecule has 0 radical (unpaired) electrons. The largest absolute Gasteiger partial charge is 0.307 e. The van der Waals surface area contributed by atoms with Crippen molar-refractivity contribution in [3.05, 3.63) is 249 Å². The SMILES string of the molecule is c1ccc(-c2nc(-c3ccc4c5ccccc5c5ccccc5c4c3)nc(-n3c4ccccc4c4ccc5c6ccccc6n(-c6ccc(-c7ccc8c9ccccc9c9ccccc9c8c7)cc6)c5c43)n2)cc1. The van der Waals surface area contributed by atoms with E-state index in [0.717, 1.165) is 66.0 Å². The Kier molecular flexibility index (Phi) is 8.68. The quantitative estimate of drug-likeness (QED) is 0.162. The molecule has 5 nitrogen and oxygen atoms in total. The first-order valence-electron chi connectivity index (χ1n) is 25.3. The highest BCUT2D eigenvalue weighted by Gasteiger charge is 2.24. The van der Waals surface area contributed by atoms with Crippen molar-refractivity contribution >= 4 is 108 Å². The van der Waals surface area contributed by atoms with Crippen LogP contribution < -0.4 is 0 Å². The van der Waals surface area contributed by atoms with Crippen LogP contribution >= 0.6 is 0 Å². The Bertz CT molecular complexity index is 4940. The highest BCUT2D eigenvalue weighted by Crippen LogP contribution is 2.44. The standard InChI is InChI=1S/C69H41N5/c1-2-16-43(17-3-1)67-70-68(45-33-37-56-52-23-7-5-19-48(52)50-21-9-11-25-54(50)62(56)41-45)72-69(71-67)74-64-29-15-13-27-58(64)60-39-38-59-57-26-12-14-28-63(57)73(65(59)66(60)74)46-34-30-42(31-35-46)44-32-36-55-51-22-6-4-18-47(51)49-20-8-10-24-53(49)61(55)40-44/h1-41H. The number of hydrogen-bond acceptors (Lipinski definition) is 3. The molecular weight excluding hydrogens is 899 g/mol. The first kappa shape index (κ1) is 40.7. The summed E-state index contributed by atoms with van der Waals surface area (Å²) < 4.78 is 4.71. The van der Waals surface area contributed by atoms with Crippen LogP contribution in [0.25, 0.3) is 154 Å². The predicted octanol–water partition coefficient (Wildman–Crippen LogP) is 18.0. The molecule has 0 spiro atoms. The first-order valence-corrected chi connectivity index (χ1v) is 25.3. The lowest BCUT2D eigenvalue weighted by atomic mass is 9.92. The normalized spacial score (nSPS) is 12.1.